The van der Waals surface area contributed by atoms with Gasteiger partial charge in [0.05, 0.1) is 35.1 Å². The molecule has 12 heteroatoms. The van der Waals surface area contributed by atoms with Crippen LogP contribution in [0.15, 0.2) is 46.2 Å². The van der Waals surface area contributed by atoms with Gasteiger partial charge in [0.15, 0.2) is 0 Å². The molecule has 2 fully saturated rings. The SMILES string of the molecule is COc1cccc(C(=O)N(CC(=O)O)C2CCCC2)c1SSc1c(OC)cccc1C(=O)N(CC(=O)O)C1CCCC1. The van der Waals surface area contributed by atoms with Crippen molar-refractivity contribution >= 4 is 45.3 Å². The standard InChI is InChI=1S/C30H36N2O8S2/c1-39-23-15-7-13-21(29(37)31(17-25(33)34)19-9-3-4-10-19)27(23)41-42-28-22(14-8-16-24(28)40-2)30(38)32(18-26(35)36)20-11-5-6-12-20/h7-8,13-16,19-20H,3-6,9-12,17-18H2,1-2H3,(H,33,34)(H,35,36). The minimum Gasteiger partial charge on any atom is -0.496 e. The average Bonchev–Trinajstić information content (AvgIpc) is 3.71. The van der Waals surface area contributed by atoms with E-state index in [1.165, 1.54) is 45.6 Å². The number of amides is 2. The van der Waals surface area contributed by atoms with Crippen molar-refractivity contribution in [1.82, 2.24) is 9.80 Å². The fourth-order valence-electron chi connectivity index (χ4n) is 5.71. The third kappa shape index (κ3) is 7.33. The molecule has 0 spiro atoms. The molecular formula is C30H36N2O8S2. The highest BCUT2D eigenvalue weighted by atomic mass is 33.1. The largest absolute Gasteiger partial charge is 0.496 e. The zero-order valence-corrected chi connectivity index (χ0v) is 25.4. The summed E-state index contributed by atoms with van der Waals surface area (Å²) in [6.45, 7) is -0.798. The third-order valence-corrected chi connectivity index (χ3v) is 10.2. The van der Waals surface area contributed by atoms with Gasteiger partial charge in [-0.05, 0) is 71.5 Å². The number of carbonyl (C=O) groups excluding carboxylic acids is 2. The number of carbonyl (C=O) groups is 4. The van der Waals surface area contributed by atoms with Crippen molar-refractivity contribution in [2.24, 2.45) is 0 Å². The van der Waals surface area contributed by atoms with E-state index in [2.05, 4.69) is 0 Å². The predicted octanol–water partition coefficient (Wildman–Crippen LogP) is 5.44. The quantitative estimate of drug-likeness (QED) is 0.280. The molecule has 2 aromatic carbocycles. The highest BCUT2D eigenvalue weighted by molar-refractivity contribution is 8.76. The minimum absolute atomic E-state index is 0.153. The maximum absolute atomic E-state index is 13.8. The number of nitrogens with zero attached hydrogens (tertiary/aromatic N) is 2. The highest BCUT2D eigenvalue weighted by Crippen LogP contribution is 2.48. The molecule has 4 rings (SSSR count). The molecule has 0 unspecified atom stereocenters. The molecule has 10 nitrogen and oxygen atoms in total. The first kappa shape index (κ1) is 31.6. The number of rotatable bonds is 13. The Morgan fingerprint density at radius 3 is 1.36 bits per heavy atom. The molecule has 0 saturated heterocycles. The lowest BCUT2D eigenvalue weighted by Gasteiger charge is -2.29. The summed E-state index contributed by atoms with van der Waals surface area (Å²) in [5, 5.41) is 19.1. The van der Waals surface area contributed by atoms with Gasteiger partial charge in [0.2, 0.25) is 0 Å². The van der Waals surface area contributed by atoms with Crippen molar-refractivity contribution in [3.63, 3.8) is 0 Å². The molecule has 0 atom stereocenters. The van der Waals surface area contributed by atoms with Crippen LogP contribution in [0.2, 0.25) is 0 Å². The Labute approximate surface area is 253 Å². The number of carboxylic acids is 2. The van der Waals surface area contributed by atoms with E-state index in [4.69, 9.17) is 9.47 Å². The summed E-state index contributed by atoms with van der Waals surface area (Å²) < 4.78 is 11.2. The lowest BCUT2D eigenvalue weighted by Crippen LogP contribution is -2.42. The Hall–Kier alpha value is -3.38. The summed E-state index contributed by atoms with van der Waals surface area (Å²) in [7, 11) is 5.40. The molecule has 0 bridgehead atoms. The van der Waals surface area contributed by atoms with Crippen molar-refractivity contribution in [1.29, 1.82) is 0 Å². The highest BCUT2D eigenvalue weighted by Gasteiger charge is 2.33. The van der Waals surface area contributed by atoms with E-state index >= 15 is 0 Å². The van der Waals surface area contributed by atoms with E-state index in [-0.39, 0.29) is 12.1 Å². The Morgan fingerprint density at radius 2 is 1.05 bits per heavy atom. The molecule has 2 aromatic rings. The smallest absolute Gasteiger partial charge is 0.323 e. The van der Waals surface area contributed by atoms with Gasteiger partial charge in [-0.25, -0.2) is 0 Å². The van der Waals surface area contributed by atoms with Crippen molar-refractivity contribution < 1.29 is 38.9 Å². The van der Waals surface area contributed by atoms with E-state index in [9.17, 15) is 29.4 Å². The van der Waals surface area contributed by atoms with Crippen LogP contribution in [0.3, 0.4) is 0 Å². The van der Waals surface area contributed by atoms with Crippen LogP contribution >= 0.6 is 21.6 Å². The van der Waals surface area contributed by atoms with Gasteiger partial charge in [-0.2, -0.15) is 0 Å². The zero-order valence-electron chi connectivity index (χ0n) is 23.7. The summed E-state index contributed by atoms with van der Waals surface area (Å²) in [5.74, 6) is -2.07. The summed E-state index contributed by atoms with van der Waals surface area (Å²) in [6, 6.07) is 9.83. The first-order valence-electron chi connectivity index (χ1n) is 14.0. The number of methoxy groups -OCH3 is 2. The molecule has 2 amide bonds. The molecule has 2 saturated carbocycles. The fraction of sp³-hybridized carbons (Fsp3) is 0.467. The Kier molecular flexibility index (Phi) is 11.0. The van der Waals surface area contributed by atoms with E-state index in [0.717, 1.165) is 51.4 Å². The van der Waals surface area contributed by atoms with Gasteiger partial charge in [0, 0.05) is 12.1 Å². The van der Waals surface area contributed by atoms with Crippen LogP contribution in [0.25, 0.3) is 0 Å². The summed E-state index contributed by atoms with van der Waals surface area (Å²) in [4.78, 5) is 54.9. The van der Waals surface area contributed by atoms with Crippen LogP contribution in [-0.2, 0) is 9.59 Å². The normalized spacial score (nSPS) is 15.4. The van der Waals surface area contributed by atoms with Crippen LogP contribution in [0, 0.1) is 0 Å². The molecule has 2 aliphatic rings. The number of ether oxygens (including phenoxy) is 2. The average molecular weight is 617 g/mol. The number of hydrogen-bond donors (Lipinski definition) is 2. The van der Waals surface area contributed by atoms with Gasteiger partial charge in [0.25, 0.3) is 11.8 Å². The van der Waals surface area contributed by atoms with Crippen LogP contribution in [-0.4, -0.2) is 83.2 Å². The van der Waals surface area contributed by atoms with Gasteiger partial charge in [-0.15, -0.1) is 0 Å². The molecule has 2 aliphatic carbocycles. The molecular weight excluding hydrogens is 580 g/mol. The molecule has 0 aliphatic heterocycles. The molecule has 226 valence electrons. The van der Waals surface area contributed by atoms with Crippen LogP contribution in [0.1, 0.15) is 72.1 Å². The van der Waals surface area contributed by atoms with E-state index in [0.29, 0.717) is 32.4 Å². The van der Waals surface area contributed by atoms with Crippen molar-refractivity contribution in [3.8, 4) is 11.5 Å². The third-order valence-electron chi connectivity index (χ3n) is 7.73. The first-order valence-corrected chi connectivity index (χ1v) is 16.1. The number of carboxylic acid groups (broad SMARTS) is 2. The maximum Gasteiger partial charge on any atom is 0.323 e. The minimum atomic E-state index is -1.08. The number of hydrogen-bond acceptors (Lipinski definition) is 8. The van der Waals surface area contributed by atoms with Crippen molar-refractivity contribution in [2.45, 2.75) is 73.2 Å². The Morgan fingerprint density at radius 1 is 0.690 bits per heavy atom. The van der Waals surface area contributed by atoms with Gasteiger partial charge in [0.1, 0.15) is 24.6 Å². The molecule has 0 aromatic heterocycles. The van der Waals surface area contributed by atoms with E-state index in [1.807, 2.05) is 0 Å². The number of aliphatic carboxylic acids is 2. The lowest BCUT2D eigenvalue weighted by atomic mass is 10.1. The lowest BCUT2D eigenvalue weighted by molar-refractivity contribution is -0.139. The van der Waals surface area contributed by atoms with Crippen molar-refractivity contribution in [3.05, 3.63) is 47.5 Å². The van der Waals surface area contributed by atoms with Crippen molar-refractivity contribution in [2.75, 3.05) is 27.3 Å². The van der Waals surface area contributed by atoms with Crippen LogP contribution in [0.5, 0.6) is 11.5 Å². The Balaban J connectivity index is 1.69. The molecule has 0 radical (unpaired) electrons. The number of benzene rings is 2. The van der Waals surface area contributed by atoms with Gasteiger partial charge >= 0.3 is 11.9 Å². The second-order valence-corrected chi connectivity index (χ2v) is 12.5. The summed E-state index contributed by atoms with van der Waals surface area (Å²) >= 11 is 0. The van der Waals surface area contributed by atoms with Gasteiger partial charge in [-0.1, -0.05) is 37.8 Å². The van der Waals surface area contributed by atoms with Gasteiger partial charge in [-0.3, -0.25) is 19.2 Å². The van der Waals surface area contributed by atoms with E-state index in [1.54, 1.807) is 36.4 Å². The zero-order chi connectivity index (χ0) is 30.2. The topological polar surface area (TPSA) is 134 Å². The first-order chi connectivity index (χ1) is 20.2. The summed E-state index contributed by atoms with van der Waals surface area (Å²) in [6.07, 6.45) is 6.76. The predicted molar refractivity (Wildman–Crippen MR) is 160 cm³/mol. The molecule has 2 N–H and O–H groups in total. The Bertz CT molecular complexity index is 1210. The van der Waals surface area contributed by atoms with Crippen LogP contribution < -0.4 is 9.47 Å². The monoisotopic (exact) mass is 616 g/mol. The van der Waals surface area contributed by atoms with Gasteiger partial charge < -0.3 is 29.5 Å². The fourth-order valence-corrected chi connectivity index (χ4v) is 8.37. The molecule has 0 heterocycles. The second-order valence-electron chi connectivity index (χ2n) is 10.4. The maximum atomic E-state index is 13.8. The molecule has 42 heavy (non-hydrogen) atoms. The van der Waals surface area contributed by atoms with Crippen LogP contribution in [0.4, 0.5) is 0 Å². The summed E-state index contributed by atoms with van der Waals surface area (Å²) in [5.41, 5.74) is 0.613. The van der Waals surface area contributed by atoms with E-state index < -0.39 is 36.8 Å². The second kappa shape index (κ2) is 14.7.